The van der Waals surface area contributed by atoms with E-state index < -0.39 is 23.8 Å². The Morgan fingerprint density at radius 1 is 1.42 bits per heavy atom. The molecule has 19 heavy (non-hydrogen) atoms. The van der Waals surface area contributed by atoms with Gasteiger partial charge in [0, 0.05) is 5.02 Å². The third kappa shape index (κ3) is 4.48. The van der Waals surface area contributed by atoms with Gasteiger partial charge in [0.1, 0.15) is 5.82 Å². The van der Waals surface area contributed by atoms with Gasteiger partial charge in [-0.25, -0.2) is 4.39 Å². The summed E-state index contributed by atoms with van der Waals surface area (Å²) in [5, 5.41) is 10.4. The molecule has 0 radical (unpaired) electrons. The van der Waals surface area contributed by atoms with E-state index in [-0.39, 0.29) is 17.2 Å². The molecule has 0 heterocycles. The molecule has 0 saturated heterocycles. The van der Waals surface area contributed by atoms with Crippen molar-refractivity contribution in [2.75, 3.05) is 6.61 Å². The first kappa shape index (κ1) is 15.9. The predicted molar refractivity (Wildman–Crippen MR) is 71.4 cm³/mol. The molecule has 0 aliphatic rings. The van der Waals surface area contributed by atoms with Crippen LogP contribution in [0.3, 0.4) is 0 Å². The molecule has 0 aromatic heterocycles. The van der Waals surface area contributed by atoms with E-state index in [1.165, 1.54) is 12.1 Å². The second-order valence-corrected chi connectivity index (χ2v) is 4.73. The lowest BCUT2D eigenvalue weighted by atomic mass is 9.92. The molecule has 1 rings (SSSR count). The van der Waals surface area contributed by atoms with Crippen LogP contribution in [0.2, 0.25) is 5.02 Å². The van der Waals surface area contributed by atoms with Crippen molar-refractivity contribution in [3.63, 3.8) is 0 Å². The van der Waals surface area contributed by atoms with Crippen LogP contribution in [-0.2, 0) is 9.53 Å². The summed E-state index contributed by atoms with van der Waals surface area (Å²) in [5.41, 5.74) is 0.288. The Kier molecular flexibility index (Phi) is 6.25. The number of carbonyl (C=O) groups excluding carboxylic acids is 1. The molecule has 0 bridgehead atoms. The first-order valence-electron chi connectivity index (χ1n) is 6.30. The third-order valence-electron chi connectivity index (χ3n) is 2.80. The Balaban J connectivity index is 2.97. The molecule has 0 aliphatic carbocycles. The molecule has 2 atom stereocenters. The normalized spacial score (nSPS) is 13.9. The van der Waals surface area contributed by atoms with Crippen LogP contribution in [0.15, 0.2) is 18.2 Å². The lowest BCUT2D eigenvalue weighted by Gasteiger charge is -2.21. The van der Waals surface area contributed by atoms with Gasteiger partial charge in [-0.1, -0.05) is 24.9 Å². The lowest BCUT2D eigenvalue weighted by Crippen LogP contribution is -2.24. The first-order valence-corrected chi connectivity index (χ1v) is 6.68. The van der Waals surface area contributed by atoms with Gasteiger partial charge in [0.05, 0.1) is 18.6 Å². The monoisotopic (exact) mass is 288 g/mol. The van der Waals surface area contributed by atoms with Crippen LogP contribution < -0.4 is 0 Å². The Labute approximate surface area is 117 Å². The maximum absolute atomic E-state index is 13.3. The van der Waals surface area contributed by atoms with Crippen LogP contribution in [0.5, 0.6) is 0 Å². The van der Waals surface area contributed by atoms with Crippen LogP contribution in [0, 0.1) is 11.7 Å². The van der Waals surface area contributed by atoms with Crippen LogP contribution in [-0.4, -0.2) is 17.7 Å². The maximum atomic E-state index is 13.3. The number of hydrogen-bond donors (Lipinski definition) is 1. The molecular weight excluding hydrogens is 271 g/mol. The van der Waals surface area contributed by atoms with Gasteiger partial charge >= 0.3 is 5.97 Å². The summed E-state index contributed by atoms with van der Waals surface area (Å²) in [7, 11) is 0. The average molecular weight is 289 g/mol. The van der Waals surface area contributed by atoms with Crippen molar-refractivity contribution >= 4 is 17.6 Å². The quantitative estimate of drug-likeness (QED) is 0.815. The number of ether oxygens (including phenoxy) is 1. The Bertz CT molecular complexity index is 416. The van der Waals surface area contributed by atoms with Gasteiger partial charge < -0.3 is 9.84 Å². The minimum absolute atomic E-state index is 0.188. The molecule has 3 nitrogen and oxygen atoms in total. The van der Waals surface area contributed by atoms with Gasteiger partial charge in [0.2, 0.25) is 0 Å². The molecule has 0 amide bonds. The van der Waals surface area contributed by atoms with E-state index in [4.69, 9.17) is 16.3 Å². The Hall–Kier alpha value is -1.13. The van der Waals surface area contributed by atoms with Gasteiger partial charge in [-0.05, 0) is 37.1 Å². The maximum Gasteiger partial charge on any atom is 0.311 e. The number of hydrogen-bond acceptors (Lipinski definition) is 3. The van der Waals surface area contributed by atoms with Crippen molar-refractivity contribution < 1.29 is 19.0 Å². The summed E-state index contributed by atoms with van der Waals surface area (Å²) >= 11 is 5.75. The number of benzene rings is 1. The molecule has 0 spiro atoms. The number of halogens is 2. The minimum atomic E-state index is -1.12. The van der Waals surface area contributed by atoms with E-state index in [1.54, 1.807) is 6.92 Å². The molecule has 0 saturated carbocycles. The summed E-state index contributed by atoms with van der Waals surface area (Å²) in [6.07, 6.45) is 0.0600. The lowest BCUT2D eigenvalue weighted by molar-refractivity contribution is -0.152. The van der Waals surface area contributed by atoms with E-state index in [1.807, 2.05) is 6.92 Å². The number of rotatable bonds is 6. The fourth-order valence-electron chi connectivity index (χ4n) is 1.94. The van der Waals surface area contributed by atoms with Crippen LogP contribution in [0.25, 0.3) is 0 Å². The highest BCUT2D eigenvalue weighted by Gasteiger charge is 2.29. The summed E-state index contributed by atoms with van der Waals surface area (Å²) in [6, 6.07) is 3.78. The minimum Gasteiger partial charge on any atom is -0.466 e. The van der Waals surface area contributed by atoms with Crippen molar-refractivity contribution in [1.29, 1.82) is 0 Å². The molecule has 1 aromatic carbocycles. The van der Waals surface area contributed by atoms with E-state index in [9.17, 15) is 14.3 Å². The zero-order valence-electron chi connectivity index (χ0n) is 11.0. The van der Waals surface area contributed by atoms with Gasteiger partial charge in [0.25, 0.3) is 0 Å². The first-order chi connectivity index (χ1) is 8.99. The largest absolute Gasteiger partial charge is 0.466 e. The SMILES string of the molecule is CCCC(C(=O)OCC)C(O)c1cc(F)cc(Cl)c1. The summed E-state index contributed by atoms with van der Waals surface area (Å²) in [5.74, 6) is -1.72. The smallest absolute Gasteiger partial charge is 0.311 e. The van der Waals surface area contributed by atoms with Crippen molar-refractivity contribution in [3.8, 4) is 0 Å². The average Bonchev–Trinajstić information content (AvgIpc) is 2.34. The summed E-state index contributed by atoms with van der Waals surface area (Å²) < 4.78 is 18.2. The molecule has 1 aromatic rings. The van der Waals surface area contributed by atoms with Crippen molar-refractivity contribution in [2.45, 2.75) is 32.8 Å². The second kappa shape index (κ2) is 7.46. The molecule has 5 heteroatoms. The number of carbonyl (C=O) groups is 1. The van der Waals surface area contributed by atoms with Gasteiger partial charge in [-0.15, -0.1) is 0 Å². The van der Waals surface area contributed by atoms with E-state index in [2.05, 4.69) is 0 Å². The molecular formula is C14H18ClFO3. The van der Waals surface area contributed by atoms with Crippen LogP contribution in [0.1, 0.15) is 38.4 Å². The molecule has 1 N–H and O–H groups in total. The number of aliphatic hydroxyl groups excluding tert-OH is 1. The second-order valence-electron chi connectivity index (χ2n) is 4.29. The fraction of sp³-hybridized carbons (Fsp3) is 0.500. The fourth-order valence-corrected chi connectivity index (χ4v) is 2.17. The Morgan fingerprint density at radius 3 is 2.63 bits per heavy atom. The van der Waals surface area contributed by atoms with Gasteiger partial charge in [-0.2, -0.15) is 0 Å². The molecule has 0 aliphatic heterocycles. The van der Waals surface area contributed by atoms with E-state index in [0.717, 1.165) is 6.07 Å². The highest BCUT2D eigenvalue weighted by Crippen LogP contribution is 2.29. The predicted octanol–water partition coefficient (Wildman–Crippen LogP) is 3.49. The summed E-state index contributed by atoms with van der Waals surface area (Å²) in [4.78, 5) is 11.8. The topological polar surface area (TPSA) is 46.5 Å². The van der Waals surface area contributed by atoms with E-state index >= 15 is 0 Å². The van der Waals surface area contributed by atoms with Crippen LogP contribution in [0.4, 0.5) is 4.39 Å². The Morgan fingerprint density at radius 2 is 2.11 bits per heavy atom. The van der Waals surface area contributed by atoms with Crippen LogP contribution >= 0.6 is 11.6 Å². The van der Waals surface area contributed by atoms with Gasteiger partial charge in [-0.3, -0.25) is 4.79 Å². The molecule has 2 unspecified atom stereocenters. The van der Waals surface area contributed by atoms with Crippen molar-refractivity contribution in [2.24, 2.45) is 5.92 Å². The van der Waals surface area contributed by atoms with Crippen molar-refractivity contribution in [1.82, 2.24) is 0 Å². The summed E-state index contributed by atoms with van der Waals surface area (Å²) in [6.45, 7) is 3.85. The van der Waals surface area contributed by atoms with Crippen molar-refractivity contribution in [3.05, 3.63) is 34.6 Å². The zero-order valence-corrected chi connectivity index (χ0v) is 11.8. The number of esters is 1. The zero-order chi connectivity index (χ0) is 14.4. The van der Waals surface area contributed by atoms with E-state index in [0.29, 0.717) is 12.8 Å². The standard InChI is InChI=1S/C14H18ClFO3/c1-3-5-12(14(18)19-4-2)13(17)9-6-10(15)8-11(16)7-9/h6-8,12-13,17H,3-5H2,1-2H3. The molecule has 106 valence electrons. The molecule has 0 fully saturated rings. The highest BCUT2D eigenvalue weighted by molar-refractivity contribution is 6.30. The van der Waals surface area contributed by atoms with Gasteiger partial charge in [0.15, 0.2) is 0 Å². The number of aliphatic hydroxyl groups is 1. The highest BCUT2D eigenvalue weighted by atomic mass is 35.5. The third-order valence-corrected chi connectivity index (χ3v) is 3.01.